The van der Waals surface area contributed by atoms with Crippen molar-refractivity contribution in [1.82, 2.24) is 0 Å². The summed E-state index contributed by atoms with van der Waals surface area (Å²) in [4.78, 5) is 0. The van der Waals surface area contributed by atoms with Crippen molar-refractivity contribution in [2.24, 2.45) is 5.92 Å². The third-order valence-electron chi connectivity index (χ3n) is 3.85. The Morgan fingerprint density at radius 1 is 1.33 bits per heavy atom. The van der Waals surface area contributed by atoms with Crippen LogP contribution in [-0.4, -0.2) is 18.8 Å². The number of methoxy groups -OCH3 is 1. The molecule has 0 amide bonds. The first-order valence-corrected chi connectivity index (χ1v) is 6.76. The maximum Gasteiger partial charge on any atom is 0.122 e. The van der Waals surface area contributed by atoms with E-state index < -0.39 is 0 Å². The lowest BCUT2D eigenvalue weighted by Gasteiger charge is -2.24. The lowest BCUT2D eigenvalue weighted by molar-refractivity contribution is 0.253. The maximum absolute atomic E-state index is 9.58. The van der Waals surface area contributed by atoms with Crippen LogP contribution in [-0.2, 0) is 5.41 Å². The molecule has 1 atom stereocenters. The molecule has 2 rings (SSSR count). The fourth-order valence-corrected chi connectivity index (χ4v) is 2.57. The number of hydrogen-bond donors (Lipinski definition) is 1. The van der Waals surface area contributed by atoms with Crippen molar-refractivity contribution < 1.29 is 9.84 Å². The summed E-state index contributed by atoms with van der Waals surface area (Å²) < 4.78 is 5.45. The zero-order valence-corrected chi connectivity index (χ0v) is 11.9. The highest BCUT2D eigenvalue weighted by molar-refractivity contribution is 5.43. The number of benzene rings is 1. The first-order chi connectivity index (χ1) is 8.47. The second kappa shape index (κ2) is 4.93. The monoisotopic (exact) mass is 248 g/mol. The summed E-state index contributed by atoms with van der Waals surface area (Å²) in [6, 6.07) is 6.37. The van der Waals surface area contributed by atoms with Gasteiger partial charge < -0.3 is 9.84 Å². The third kappa shape index (κ3) is 2.69. The molecule has 1 aromatic carbocycles. The molecule has 2 nitrogen and oxygen atoms in total. The van der Waals surface area contributed by atoms with E-state index in [2.05, 4.69) is 32.9 Å². The van der Waals surface area contributed by atoms with Gasteiger partial charge in [-0.15, -0.1) is 0 Å². The summed E-state index contributed by atoms with van der Waals surface area (Å²) in [7, 11) is 1.72. The Morgan fingerprint density at radius 2 is 2.00 bits per heavy atom. The Kier molecular flexibility index (Phi) is 3.67. The molecule has 0 saturated heterocycles. The van der Waals surface area contributed by atoms with Crippen molar-refractivity contribution in [3.63, 3.8) is 0 Å². The summed E-state index contributed by atoms with van der Waals surface area (Å²) in [5.74, 6) is 1.92. The summed E-state index contributed by atoms with van der Waals surface area (Å²) in [6.07, 6.45) is 2.50. The van der Waals surface area contributed by atoms with E-state index >= 15 is 0 Å². The Bertz CT molecular complexity index is 414. The van der Waals surface area contributed by atoms with Crippen LogP contribution in [0.5, 0.6) is 5.75 Å². The van der Waals surface area contributed by atoms with Crippen LogP contribution < -0.4 is 4.74 Å². The van der Waals surface area contributed by atoms with Crippen LogP contribution in [0.4, 0.5) is 0 Å². The van der Waals surface area contributed by atoms with Crippen LogP contribution in [0.15, 0.2) is 18.2 Å². The number of aliphatic hydroxyl groups excluding tert-OH is 1. The largest absolute Gasteiger partial charge is 0.496 e. The van der Waals surface area contributed by atoms with Crippen molar-refractivity contribution in [3.05, 3.63) is 29.3 Å². The average molecular weight is 248 g/mol. The highest BCUT2D eigenvalue weighted by Gasteiger charge is 2.32. The van der Waals surface area contributed by atoms with Gasteiger partial charge in [-0.05, 0) is 41.4 Å². The molecule has 100 valence electrons. The molecule has 0 radical (unpaired) electrons. The molecule has 1 aliphatic carbocycles. The predicted molar refractivity (Wildman–Crippen MR) is 74.2 cm³/mol. The van der Waals surface area contributed by atoms with Gasteiger partial charge in [0.05, 0.1) is 13.7 Å². The van der Waals surface area contributed by atoms with Gasteiger partial charge >= 0.3 is 0 Å². The Balaban J connectivity index is 2.38. The van der Waals surface area contributed by atoms with E-state index in [1.54, 1.807) is 7.11 Å². The van der Waals surface area contributed by atoms with E-state index in [4.69, 9.17) is 4.74 Å². The second-order valence-electron chi connectivity index (χ2n) is 6.34. The first kappa shape index (κ1) is 13.4. The minimum Gasteiger partial charge on any atom is -0.496 e. The van der Waals surface area contributed by atoms with Crippen LogP contribution in [0.25, 0.3) is 0 Å². The van der Waals surface area contributed by atoms with Gasteiger partial charge in [-0.1, -0.05) is 32.9 Å². The molecular weight excluding hydrogens is 224 g/mol. The van der Waals surface area contributed by atoms with Crippen LogP contribution in [0, 0.1) is 5.92 Å². The molecule has 1 N–H and O–H groups in total. The quantitative estimate of drug-likeness (QED) is 0.884. The van der Waals surface area contributed by atoms with Gasteiger partial charge in [0.2, 0.25) is 0 Å². The molecule has 1 unspecified atom stereocenters. The topological polar surface area (TPSA) is 29.5 Å². The molecule has 1 aliphatic rings. The number of aliphatic hydroxyl groups is 1. The highest BCUT2D eigenvalue weighted by atomic mass is 16.5. The van der Waals surface area contributed by atoms with E-state index in [9.17, 15) is 5.11 Å². The Hall–Kier alpha value is -1.02. The van der Waals surface area contributed by atoms with Crippen molar-refractivity contribution in [2.75, 3.05) is 13.7 Å². The zero-order chi connectivity index (χ0) is 13.3. The Morgan fingerprint density at radius 3 is 2.44 bits per heavy atom. The first-order valence-electron chi connectivity index (χ1n) is 6.76. The van der Waals surface area contributed by atoms with Crippen LogP contribution in [0.1, 0.15) is 50.7 Å². The molecule has 18 heavy (non-hydrogen) atoms. The second-order valence-corrected chi connectivity index (χ2v) is 6.34. The molecule has 0 bridgehead atoms. The third-order valence-corrected chi connectivity index (χ3v) is 3.85. The molecule has 1 fully saturated rings. The van der Waals surface area contributed by atoms with Crippen molar-refractivity contribution in [3.8, 4) is 5.75 Å². The van der Waals surface area contributed by atoms with Gasteiger partial charge in [0.15, 0.2) is 0 Å². The van der Waals surface area contributed by atoms with E-state index in [-0.39, 0.29) is 12.0 Å². The summed E-state index contributed by atoms with van der Waals surface area (Å²) in [5.41, 5.74) is 2.54. The predicted octanol–water partition coefficient (Wildman–Crippen LogP) is 3.48. The van der Waals surface area contributed by atoms with Crippen molar-refractivity contribution >= 4 is 0 Å². The normalized spacial score (nSPS) is 17.6. The van der Waals surface area contributed by atoms with E-state index in [0.29, 0.717) is 11.8 Å². The van der Waals surface area contributed by atoms with E-state index in [1.165, 1.54) is 24.0 Å². The summed E-state index contributed by atoms with van der Waals surface area (Å²) in [5, 5.41) is 9.58. The van der Waals surface area contributed by atoms with Crippen LogP contribution in [0.3, 0.4) is 0 Å². The summed E-state index contributed by atoms with van der Waals surface area (Å²) in [6.45, 7) is 6.83. The van der Waals surface area contributed by atoms with Crippen molar-refractivity contribution in [2.45, 2.75) is 44.9 Å². The van der Waals surface area contributed by atoms with Crippen LogP contribution in [0.2, 0.25) is 0 Å². The van der Waals surface area contributed by atoms with Gasteiger partial charge in [-0.2, -0.15) is 0 Å². The van der Waals surface area contributed by atoms with Gasteiger partial charge in [-0.3, -0.25) is 0 Å². The fourth-order valence-electron chi connectivity index (χ4n) is 2.57. The minimum absolute atomic E-state index is 0.0604. The molecule has 0 aromatic heterocycles. The molecule has 2 heteroatoms. The van der Waals surface area contributed by atoms with E-state index in [1.807, 2.05) is 6.07 Å². The maximum atomic E-state index is 9.58. The molecule has 1 saturated carbocycles. The lowest BCUT2D eigenvalue weighted by atomic mass is 9.83. The van der Waals surface area contributed by atoms with Gasteiger partial charge in [0.1, 0.15) is 5.75 Å². The van der Waals surface area contributed by atoms with Gasteiger partial charge in [0.25, 0.3) is 0 Å². The van der Waals surface area contributed by atoms with Crippen LogP contribution >= 0.6 is 0 Å². The number of ether oxygens (including phenoxy) is 1. The number of rotatable bonds is 4. The molecule has 0 aliphatic heterocycles. The van der Waals surface area contributed by atoms with Gasteiger partial charge in [-0.25, -0.2) is 0 Å². The SMILES string of the molecule is COc1ccc(C(CO)C2CC2)cc1C(C)(C)C. The van der Waals surface area contributed by atoms with E-state index in [0.717, 1.165) is 5.75 Å². The zero-order valence-electron chi connectivity index (χ0n) is 11.9. The fraction of sp³-hybridized carbons (Fsp3) is 0.625. The molecule has 1 aromatic rings. The highest BCUT2D eigenvalue weighted by Crippen LogP contribution is 2.44. The van der Waals surface area contributed by atoms with Crippen molar-refractivity contribution in [1.29, 1.82) is 0 Å². The molecular formula is C16H24O2. The summed E-state index contributed by atoms with van der Waals surface area (Å²) >= 11 is 0. The molecule has 0 spiro atoms. The minimum atomic E-state index is 0.0604. The number of hydrogen-bond acceptors (Lipinski definition) is 2. The average Bonchev–Trinajstić information content (AvgIpc) is 3.13. The van der Waals surface area contributed by atoms with Gasteiger partial charge in [0, 0.05) is 5.92 Å². The smallest absolute Gasteiger partial charge is 0.122 e. The standard InChI is InChI=1S/C16H24O2/c1-16(2,3)14-9-12(7-8-15(14)18-4)13(10-17)11-5-6-11/h7-9,11,13,17H,5-6,10H2,1-4H3. The molecule has 0 heterocycles. The lowest BCUT2D eigenvalue weighted by Crippen LogP contribution is -2.15. The Labute approximate surface area is 110 Å².